The van der Waals surface area contributed by atoms with Crippen molar-refractivity contribution < 1.29 is 4.74 Å². The van der Waals surface area contributed by atoms with Crippen molar-refractivity contribution in [2.45, 2.75) is 4.90 Å². The van der Waals surface area contributed by atoms with Crippen molar-refractivity contribution in [1.29, 1.82) is 0 Å². The van der Waals surface area contributed by atoms with E-state index in [2.05, 4.69) is 29.7 Å². The highest BCUT2D eigenvalue weighted by molar-refractivity contribution is 8.26. The molecule has 0 saturated heterocycles. The van der Waals surface area contributed by atoms with Crippen LogP contribution in [0.5, 0.6) is 5.75 Å². The molecule has 0 spiro atoms. The molecule has 0 N–H and O–H groups in total. The maximum Gasteiger partial charge on any atom is 0.127 e. The van der Waals surface area contributed by atoms with Crippen LogP contribution in [0.1, 0.15) is 5.56 Å². The second-order valence-electron chi connectivity index (χ2n) is 4.36. The Bertz CT molecular complexity index is 674. The number of ether oxygens (including phenoxy) is 1. The predicted octanol–water partition coefficient (Wildman–Crippen LogP) is 5.08. The number of halogens is 1. The Balaban J connectivity index is 2.00. The van der Waals surface area contributed by atoms with Gasteiger partial charge in [-0.15, -0.1) is 0 Å². The van der Waals surface area contributed by atoms with E-state index in [-0.39, 0.29) is 0 Å². The van der Waals surface area contributed by atoms with Gasteiger partial charge in [0.25, 0.3) is 0 Å². The zero-order chi connectivity index (χ0) is 13.9. The average Bonchev–Trinajstić information content (AvgIpc) is 2.97. The molecule has 1 atom stereocenters. The van der Waals surface area contributed by atoms with E-state index in [1.54, 1.807) is 7.11 Å². The van der Waals surface area contributed by atoms with Crippen molar-refractivity contribution in [3.05, 3.63) is 76.7 Å². The fourth-order valence-electron chi connectivity index (χ4n) is 2.21. The van der Waals surface area contributed by atoms with Crippen LogP contribution < -0.4 is 4.74 Å². The summed E-state index contributed by atoms with van der Waals surface area (Å²) >= 11 is 5.96. The molecule has 0 fully saturated rings. The molecule has 1 aliphatic heterocycles. The molecule has 0 bridgehead atoms. The largest absolute Gasteiger partial charge is 0.496 e. The lowest BCUT2D eigenvalue weighted by molar-refractivity contribution is 0.414. The molecule has 2 aromatic carbocycles. The third-order valence-electron chi connectivity index (χ3n) is 3.15. The molecule has 1 nitrogen and oxygen atoms in total. The van der Waals surface area contributed by atoms with E-state index in [4.69, 9.17) is 16.3 Å². The van der Waals surface area contributed by atoms with Gasteiger partial charge in [-0.3, -0.25) is 0 Å². The summed E-state index contributed by atoms with van der Waals surface area (Å²) in [6.45, 7) is 0. The Kier molecular flexibility index (Phi) is 3.86. The number of benzene rings is 2. The van der Waals surface area contributed by atoms with E-state index in [0.29, 0.717) is 0 Å². The fraction of sp³-hybridized carbons (Fsp3) is 0.0588. The molecule has 1 heterocycles. The lowest BCUT2D eigenvalue weighted by Crippen LogP contribution is -1.91. The quantitative estimate of drug-likeness (QED) is 0.778. The summed E-state index contributed by atoms with van der Waals surface area (Å²) in [5.74, 6) is 0.900. The van der Waals surface area contributed by atoms with Gasteiger partial charge in [-0.2, -0.15) is 10.9 Å². The van der Waals surface area contributed by atoms with Gasteiger partial charge in [-0.1, -0.05) is 29.8 Å². The van der Waals surface area contributed by atoms with Gasteiger partial charge in [-0.25, -0.2) is 0 Å². The van der Waals surface area contributed by atoms with E-state index in [1.165, 1.54) is 9.80 Å². The molecule has 0 amide bonds. The first kappa shape index (κ1) is 13.3. The highest BCUT2D eigenvalue weighted by atomic mass is 35.5. The van der Waals surface area contributed by atoms with Crippen molar-refractivity contribution in [2.75, 3.05) is 7.11 Å². The van der Waals surface area contributed by atoms with Crippen molar-refractivity contribution in [2.24, 2.45) is 0 Å². The Morgan fingerprint density at radius 1 is 1.05 bits per heavy atom. The summed E-state index contributed by atoms with van der Waals surface area (Å²) in [7, 11) is 1.11. The molecule has 0 aromatic heterocycles. The molecular formula is C17H14ClOS. The number of para-hydroxylation sites is 1. The number of methoxy groups -OCH3 is 1. The van der Waals surface area contributed by atoms with Gasteiger partial charge in [0.05, 0.1) is 7.11 Å². The minimum absolute atomic E-state index is 0.597. The standard InChI is InChI=1S/C17H14ClOS/c1-19-16-6-3-2-5-15(16)17-7-4-12-20(17)14-10-8-13(18)9-11-14/h2-11,20H,1H3. The lowest BCUT2D eigenvalue weighted by Gasteiger charge is -2.20. The van der Waals surface area contributed by atoms with Gasteiger partial charge >= 0.3 is 0 Å². The molecule has 1 radical (unpaired) electrons. The van der Waals surface area contributed by atoms with Crippen LogP contribution >= 0.6 is 22.5 Å². The highest BCUT2D eigenvalue weighted by Gasteiger charge is 2.18. The molecule has 3 heteroatoms. The molecule has 2 aromatic rings. The number of hydrogen-bond donors (Lipinski definition) is 1. The fourth-order valence-corrected chi connectivity index (χ4v) is 4.22. The van der Waals surface area contributed by atoms with Crippen LogP contribution in [0.2, 0.25) is 5.02 Å². The van der Waals surface area contributed by atoms with Gasteiger partial charge in [0, 0.05) is 20.9 Å². The van der Waals surface area contributed by atoms with Gasteiger partial charge in [-0.05, 0) is 47.4 Å². The molecule has 3 rings (SSSR count). The molecular weight excluding hydrogens is 288 g/mol. The lowest BCUT2D eigenvalue weighted by atomic mass is 10.2. The van der Waals surface area contributed by atoms with Crippen LogP contribution in [-0.2, 0) is 0 Å². The summed E-state index contributed by atoms with van der Waals surface area (Å²) in [5.41, 5.74) is 1.14. The smallest absolute Gasteiger partial charge is 0.127 e. The zero-order valence-electron chi connectivity index (χ0n) is 11.0. The number of thiol groups is 1. The first-order valence-electron chi connectivity index (χ1n) is 6.28. The maximum atomic E-state index is 5.96. The average molecular weight is 302 g/mol. The molecule has 1 aliphatic rings. The van der Waals surface area contributed by atoms with Crippen molar-refractivity contribution in [1.82, 2.24) is 0 Å². The third kappa shape index (κ3) is 2.49. The number of hydrogen-bond acceptors (Lipinski definition) is 1. The molecule has 101 valence electrons. The SMILES string of the molecule is COc1ccccc1C1=CC=[C][SH]1c1ccc(Cl)cc1. The first-order valence-corrected chi connectivity index (χ1v) is 8.00. The van der Waals surface area contributed by atoms with Crippen LogP contribution in [0.4, 0.5) is 0 Å². The predicted molar refractivity (Wildman–Crippen MR) is 87.5 cm³/mol. The summed E-state index contributed by atoms with van der Waals surface area (Å²) in [5, 5.41) is 4.20. The van der Waals surface area contributed by atoms with Crippen LogP contribution in [0, 0.1) is 5.41 Å². The molecule has 0 saturated carbocycles. The monoisotopic (exact) mass is 301 g/mol. The maximum absolute atomic E-state index is 5.96. The second kappa shape index (κ2) is 5.78. The van der Waals surface area contributed by atoms with E-state index < -0.39 is 10.9 Å². The van der Waals surface area contributed by atoms with E-state index >= 15 is 0 Å². The van der Waals surface area contributed by atoms with E-state index in [0.717, 1.165) is 16.3 Å². The summed E-state index contributed by atoms with van der Waals surface area (Å²) in [4.78, 5) is 2.51. The summed E-state index contributed by atoms with van der Waals surface area (Å²) < 4.78 is 5.47. The van der Waals surface area contributed by atoms with E-state index in [1.807, 2.05) is 36.4 Å². The number of allylic oxidation sites excluding steroid dienone is 2. The number of rotatable bonds is 3. The minimum Gasteiger partial charge on any atom is -0.496 e. The van der Waals surface area contributed by atoms with Gasteiger partial charge in [0.1, 0.15) is 5.75 Å². The Morgan fingerprint density at radius 3 is 2.55 bits per heavy atom. The minimum atomic E-state index is -0.597. The second-order valence-corrected chi connectivity index (χ2v) is 6.72. The van der Waals surface area contributed by atoms with Crippen molar-refractivity contribution in [3.63, 3.8) is 0 Å². The molecule has 1 unspecified atom stereocenters. The third-order valence-corrected chi connectivity index (χ3v) is 5.50. The van der Waals surface area contributed by atoms with Crippen LogP contribution in [0.3, 0.4) is 0 Å². The van der Waals surface area contributed by atoms with Crippen LogP contribution in [0.15, 0.2) is 65.6 Å². The molecule has 20 heavy (non-hydrogen) atoms. The summed E-state index contributed by atoms with van der Waals surface area (Å²) in [6.07, 6.45) is 4.13. The topological polar surface area (TPSA) is 9.23 Å². The van der Waals surface area contributed by atoms with Crippen molar-refractivity contribution >= 4 is 27.4 Å². The zero-order valence-corrected chi connectivity index (χ0v) is 12.7. The molecule has 0 aliphatic carbocycles. The Labute approximate surface area is 126 Å². The van der Waals surface area contributed by atoms with Crippen LogP contribution in [-0.4, -0.2) is 7.11 Å². The van der Waals surface area contributed by atoms with Gasteiger partial charge in [0.15, 0.2) is 0 Å². The van der Waals surface area contributed by atoms with Crippen LogP contribution in [0.25, 0.3) is 4.91 Å². The Morgan fingerprint density at radius 2 is 1.80 bits per heavy atom. The Hall–Kier alpha value is -1.64. The highest BCUT2D eigenvalue weighted by Crippen LogP contribution is 2.54. The first-order chi connectivity index (χ1) is 9.79. The normalized spacial score (nSPS) is 18.9. The van der Waals surface area contributed by atoms with Gasteiger partial charge in [0.2, 0.25) is 0 Å². The van der Waals surface area contributed by atoms with E-state index in [9.17, 15) is 0 Å². The summed E-state index contributed by atoms with van der Waals surface area (Å²) in [6, 6.07) is 16.1. The van der Waals surface area contributed by atoms with Crippen molar-refractivity contribution in [3.8, 4) is 5.75 Å². The van der Waals surface area contributed by atoms with Gasteiger partial charge < -0.3 is 4.74 Å².